The summed E-state index contributed by atoms with van der Waals surface area (Å²) in [6.45, 7) is 8.96. The molecule has 0 atom stereocenters. The number of benzene rings is 8. The van der Waals surface area contributed by atoms with Crippen LogP contribution >= 0.6 is 0 Å². The van der Waals surface area contributed by atoms with E-state index in [9.17, 15) is 0 Å². The van der Waals surface area contributed by atoms with Crippen molar-refractivity contribution in [3.05, 3.63) is 200 Å². The van der Waals surface area contributed by atoms with Crippen LogP contribution in [0.15, 0.2) is 199 Å². The minimum Gasteiger partial charge on any atom is -0.455 e. The average molecular weight is 640 g/mol. The molecule has 236 valence electrons. The fraction of sp³-hybridized carbons (Fsp3) is 0. The van der Waals surface area contributed by atoms with Crippen LogP contribution in [-0.2, 0) is 0 Å². The smallest absolute Gasteiger partial charge is 0.143 e. The van der Waals surface area contributed by atoms with Crippen LogP contribution in [0.1, 0.15) is 5.56 Å². The fourth-order valence-electron chi connectivity index (χ4n) is 7.38. The maximum absolute atomic E-state index is 6.74. The van der Waals surface area contributed by atoms with Crippen molar-refractivity contribution >= 4 is 71.2 Å². The number of para-hydroxylation sites is 2. The zero-order chi connectivity index (χ0) is 33.6. The van der Waals surface area contributed by atoms with Crippen LogP contribution in [0.5, 0.6) is 0 Å². The van der Waals surface area contributed by atoms with E-state index in [0.717, 1.165) is 77.4 Å². The molecule has 0 bridgehead atoms. The van der Waals surface area contributed by atoms with E-state index in [4.69, 9.17) is 4.42 Å². The predicted octanol–water partition coefficient (Wildman–Crippen LogP) is 13.6. The Bertz CT molecular complexity index is 2800. The molecule has 8 aromatic carbocycles. The largest absolute Gasteiger partial charge is 0.455 e. The third-order valence-corrected chi connectivity index (χ3v) is 9.73. The zero-order valence-corrected chi connectivity index (χ0v) is 27.5. The molecule has 0 radical (unpaired) electrons. The van der Waals surface area contributed by atoms with E-state index in [1.807, 2.05) is 6.08 Å². The Morgan fingerprint density at radius 2 is 1.06 bits per heavy atom. The van der Waals surface area contributed by atoms with E-state index in [-0.39, 0.29) is 0 Å². The standard InChI is InChI=1S/C48H33NO/c1-3-37(29-32(2)38-24-12-19-33-15-6-8-21-39(33)38)49(45-28-13-20-34-16-7-9-22-40(34)45)46-27-11-10-23-41(46)42-25-14-26-43-44-30-35-17-4-5-18-36(35)31-47(44)50-48(42)43/h3-31H,1-2H2/b37-29+. The first-order chi connectivity index (χ1) is 24.7. The fourth-order valence-corrected chi connectivity index (χ4v) is 7.38. The third-order valence-electron chi connectivity index (χ3n) is 9.73. The van der Waals surface area contributed by atoms with Gasteiger partial charge < -0.3 is 9.32 Å². The molecule has 1 heterocycles. The van der Waals surface area contributed by atoms with E-state index in [1.165, 1.54) is 16.2 Å². The first-order valence-electron chi connectivity index (χ1n) is 16.9. The van der Waals surface area contributed by atoms with Gasteiger partial charge in [0, 0.05) is 33.0 Å². The molecule has 2 nitrogen and oxygen atoms in total. The summed E-state index contributed by atoms with van der Waals surface area (Å²) >= 11 is 0. The van der Waals surface area contributed by atoms with Gasteiger partial charge in [-0.1, -0.05) is 153 Å². The van der Waals surface area contributed by atoms with Crippen molar-refractivity contribution in [2.24, 2.45) is 0 Å². The van der Waals surface area contributed by atoms with Gasteiger partial charge in [0.2, 0.25) is 0 Å². The molecular weight excluding hydrogens is 607 g/mol. The summed E-state index contributed by atoms with van der Waals surface area (Å²) in [6.07, 6.45) is 4.09. The molecule has 9 rings (SSSR count). The highest BCUT2D eigenvalue weighted by Gasteiger charge is 2.22. The lowest BCUT2D eigenvalue weighted by molar-refractivity contribution is 0.670. The third kappa shape index (κ3) is 4.89. The maximum Gasteiger partial charge on any atom is 0.143 e. The number of rotatable bonds is 7. The lowest BCUT2D eigenvalue weighted by Gasteiger charge is -2.30. The van der Waals surface area contributed by atoms with Gasteiger partial charge in [0.25, 0.3) is 0 Å². The van der Waals surface area contributed by atoms with Crippen LogP contribution in [0, 0.1) is 0 Å². The first-order valence-corrected chi connectivity index (χ1v) is 16.9. The summed E-state index contributed by atoms with van der Waals surface area (Å²) < 4.78 is 6.74. The highest BCUT2D eigenvalue weighted by atomic mass is 16.3. The van der Waals surface area contributed by atoms with Gasteiger partial charge in [-0.25, -0.2) is 0 Å². The summed E-state index contributed by atoms with van der Waals surface area (Å²) in [5, 5.41) is 9.22. The van der Waals surface area contributed by atoms with Crippen LogP contribution in [0.4, 0.5) is 11.4 Å². The Hall–Kier alpha value is -6.64. The molecule has 0 unspecified atom stereocenters. The SMILES string of the molecule is C=C/C(=C\C(=C)c1cccc2ccccc12)N(c1ccccc1-c1cccc2c1oc1cc3ccccc3cc12)c1cccc2ccccc12. The first kappa shape index (κ1) is 29.5. The summed E-state index contributed by atoms with van der Waals surface area (Å²) in [5.41, 5.74) is 8.81. The minimum atomic E-state index is 0.868. The van der Waals surface area contributed by atoms with Crippen LogP contribution < -0.4 is 4.90 Å². The second-order valence-corrected chi connectivity index (χ2v) is 12.7. The van der Waals surface area contributed by atoms with Crippen molar-refractivity contribution in [2.45, 2.75) is 0 Å². The highest BCUT2D eigenvalue weighted by molar-refractivity contribution is 6.14. The van der Waals surface area contributed by atoms with Gasteiger partial charge in [-0.05, 0) is 74.5 Å². The van der Waals surface area contributed by atoms with E-state index in [1.54, 1.807) is 0 Å². The van der Waals surface area contributed by atoms with E-state index in [2.05, 4.69) is 188 Å². The molecule has 2 heteroatoms. The highest BCUT2D eigenvalue weighted by Crippen LogP contribution is 2.45. The Labute approximate surface area is 291 Å². The second-order valence-electron chi connectivity index (χ2n) is 12.7. The quantitative estimate of drug-likeness (QED) is 0.161. The van der Waals surface area contributed by atoms with Crippen molar-refractivity contribution in [1.29, 1.82) is 0 Å². The van der Waals surface area contributed by atoms with Crippen LogP contribution in [-0.4, -0.2) is 0 Å². The Balaban J connectivity index is 1.29. The van der Waals surface area contributed by atoms with Gasteiger partial charge >= 0.3 is 0 Å². The summed E-state index contributed by atoms with van der Waals surface area (Å²) in [7, 11) is 0. The van der Waals surface area contributed by atoms with Gasteiger partial charge in [0.15, 0.2) is 0 Å². The normalized spacial score (nSPS) is 11.9. The van der Waals surface area contributed by atoms with Crippen LogP contribution in [0.2, 0.25) is 0 Å². The number of nitrogens with zero attached hydrogens (tertiary/aromatic N) is 1. The van der Waals surface area contributed by atoms with Gasteiger partial charge in [-0.15, -0.1) is 0 Å². The molecular formula is C48H33NO. The van der Waals surface area contributed by atoms with Gasteiger partial charge in [-0.2, -0.15) is 0 Å². The number of anilines is 2. The second kappa shape index (κ2) is 12.1. The minimum absolute atomic E-state index is 0.868. The Kier molecular flexibility index (Phi) is 7.14. The molecule has 0 aliphatic rings. The van der Waals surface area contributed by atoms with Gasteiger partial charge in [-0.3, -0.25) is 0 Å². The summed E-state index contributed by atoms with van der Waals surface area (Å²) in [5.74, 6) is 0. The average Bonchev–Trinajstić information content (AvgIpc) is 3.54. The monoisotopic (exact) mass is 639 g/mol. The Morgan fingerprint density at radius 1 is 0.500 bits per heavy atom. The van der Waals surface area contributed by atoms with Gasteiger partial charge in [0.1, 0.15) is 11.2 Å². The number of fused-ring (bicyclic) bond motifs is 6. The number of furan rings is 1. The van der Waals surface area contributed by atoms with E-state index >= 15 is 0 Å². The predicted molar refractivity (Wildman–Crippen MR) is 214 cm³/mol. The molecule has 0 saturated heterocycles. The molecule has 0 aliphatic carbocycles. The van der Waals surface area contributed by atoms with E-state index in [0.29, 0.717) is 0 Å². The van der Waals surface area contributed by atoms with Crippen molar-refractivity contribution in [3.63, 3.8) is 0 Å². The molecule has 0 aliphatic heterocycles. The molecule has 0 amide bonds. The summed E-state index contributed by atoms with van der Waals surface area (Å²) in [6, 6.07) is 57.7. The maximum atomic E-state index is 6.74. The molecule has 9 aromatic rings. The molecule has 50 heavy (non-hydrogen) atoms. The van der Waals surface area contributed by atoms with Crippen molar-refractivity contribution < 1.29 is 4.42 Å². The van der Waals surface area contributed by atoms with Crippen LogP contribution in [0.3, 0.4) is 0 Å². The van der Waals surface area contributed by atoms with Gasteiger partial charge in [0.05, 0.1) is 11.4 Å². The van der Waals surface area contributed by atoms with Crippen LogP contribution in [0.25, 0.3) is 71.0 Å². The number of hydrogen-bond donors (Lipinski definition) is 0. The van der Waals surface area contributed by atoms with Crippen molar-refractivity contribution in [3.8, 4) is 11.1 Å². The van der Waals surface area contributed by atoms with E-state index < -0.39 is 0 Å². The zero-order valence-electron chi connectivity index (χ0n) is 27.5. The lowest BCUT2D eigenvalue weighted by Crippen LogP contribution is -2.16. The molecule has 1 aromatic heterocycles. The Morgan fingerprint density at radius 3 is 1.86 bits per heavy atom. The molecule has 0 spiro atoms. The lowest BCUT2D eigenvalue weighted by atomic mass is 9.96. The summed E-state index contributed by atoms with van der Waals surface area (Å²) in [4.78, 5) is 2.32. The number of allylic oxidation sites excluding steroid dienone is 3. The molecule has 0 saturated carbocycles. The molecule has 0 fully saturated rings. The van der Waals surface area contributed by atoms with Crippen molar-refractivity contribution in [1.82, 2.24) is 0 Å². The number of hydrogen-bond acceptors (Lipinski definition) is 2. The molecule has 0 N–H and O–H groups in total. The topological polar surface area (TPSA) is 16.4 Å². The van der Waals surface area contributed by atoms with Crippen molar-refractivity contribution in [2.75, 3.05) is 4.90 Å².